The van der Waals surface area contributed by atoms with Crippen molar-refractivity contribution >= 4 is 35.0 Å². The third kappa shape index (κ3) is 3.32. The van der Waals surface area contributed by atoms with E-state index in [0.29, 0.717) is 10.0 Å². The fraction of sp³-hybridized carbons (Fsp3) is 0.0769. The molecule has 4 heteroatoms. The minimum absolute atomic E-state index is 0.647. The number of halogens is 2. The third-order valence-electron chi connectivity index (χ3n) is 2.18. The highest BCUT2D eigenvalue weighted by Crippen LogP contribution is 2.35. The molecule has 0 atom stereocenters. The molecule has 2 aromatic carbocycles. The highest BCUT2D eigenvalue weighted by atomic mass is 35.5. The molecule has 0 unspecified atom stereocenters. The fourth-order valence-electron chi connectivity index (χ4n) is 1.33. The summed E-state index contributed by atoms with van der Waals surface area (Å²) < 4.78 is 5.11. The first-order valence-electron chi connectivity index (χ1n) is 4.96. The zero-order valence-corrected chi connectivity index (χ0v) is 11.4. The lowest BCUT2D eigenvalue weighted by atomic mass is 10.3. The van der Waals surface area contributed by atoms with Gasteiger partial charge in [0.05, 0.1) is 12.1 Å². The highest BCUT2D eigenvalue weighted by Gasteiger charge is 2.03. The van der Waals surface area contributed by atoms with Gasteiger partial charge in [-0.25, -0.2) is 0 Å². The molecular weight excluding hydrogens is 275 g/mol. The molecule has 0 aliphatic carbocycles. The van der Waals surface area contributed by atoms with Crippen molar-refractivity contribution in [1.82, 2.24) is 0 Å². The molecule has 88 valence electrons. The van der Waals surface area contributed by atoms with E-state index in [2.05, 4.69) is 0 Å². The van der Waals surface area contributed by atoms with E-state index in [9.17, 15) is 0 Å². The van der Waals surface area contributed by atoms with E-state index < -0.39 is 0 Å². The molecule has 0 aliphatic rings. The number of benzene rings is 2. The van der Waals surface area contributed by atoms with Gasteiger partial charge in [0.15, 0.2) is 0 Å². The number of rotatable bonds is 3. The lowest BCUT2D eigenvalue weighted by molar-refractivity contribution is 0.414. The van der Waals surface area contributed by atoms with Crippen LogP contribution in [-0.4, -0.2) is 7.11 Å². The molecule has 0 spiro atoms. The summed E-state index contributed by atoms with van der Waals surface area (Å²) in [5.74, 6) is 0.844. The molecule has 0 bridgehead atoms. The standard InChI is InChI=1S/C13H10Cl2OS/c1-16-10-3-5-11(6-4-10)17-13-7-2-9(14)8-12(13)15/h2-8H,1H3. The maximum atomic E-state index is 6.11. The summed E-state index contributed by atoms with van der Waals surface area (Å²) in [6.45, 7) is 0. The van der Waals surface area contributed by atoms with Crippen LogP contribution in [0.3, 0.4) is 0 Å². The van der Waals surface area contributed by atoms with E-state index in [4.69, 9.17) is 27.9 Å². The summed E-state index contributed by atoms with van der Waals surface area (Å²) in [6, 6.07) is 13.3. The van der Waals surface area contributed by atoms with Crippen LogP contribution in [0.5, 0.6) is 5.75 Å². The van der Waals surface area contributed by atoms with E-state index in [1.807, 2.05) is 36.4 Å². The molecule has 0 aromatic heterocycles. The van der Waals surface area contributed by atoms with Crippen molar-refractivity contribution in [3.63, 3.8) is 0 Å². The van der Waals surface area contributed by atoms with Gasteiger partial charge in [-0.1, -0.05) is 35.0 Å². The van der Waals surface area contributed by atoms with Gasteiger partial charge in [-0.15, -0.1) is 0 Å². The molecule has 0 saturated carbocycles. The number of hydrogen-bond donors (Lipinski definition) is 0. The lowest BCUT2D eigenvalue weighted by Gasteiger charge is -2.05. The fourth-order valence-corrected chi connectivity index (χ4v) is 2.67. The van der Waals surface area contributed by atoms with Crippen molar-refractivity contribution in [2.24, 2.45) is 0 Å². The first kappa shape index (κ1) is 12.6. The van der Waals surface area contributed by atoms with Crippen molar-refractivity contribution < 1.29 is 4.74 Å². The molecule has 0 N–H and O–H groups in total. The van der Waals surface area contributed by atoms with Gasteiger partial charge in [0.2, 0.25) is 0 Å². The predicted octanol–water partition coefficient (Wildman–Crippen LogP) is 5.15. The molecule has 2 rings (SSSR count). The van der Waals surface area contributed by atoms with Crippen LogP contribution in [0.2, 0.25) is 10.0 Å². The van der Waals surface area contributed by atoms with E-state index >= 15 is 0 Å². The topological polar surface area (TPSA) is 9.23 Å². The Kier molecular flexibility index (Phi) is 4.21. The number of methoxy groups -OCH3 is 1. The molecule has 0 saturated heterocycles. The van der Waals surface area contributed by atoms with Crippen molar-refractivity contribution in [2.75, 3.05) is 7.11 Å². The van der Waals surface area contributed by atoms with Gasteiger partial charge in [-0.3, -0.25) is 0 Å². The second-order valence-corrected chi connectivity index (χ2v) is 5.31. The molecule has 0 radical (unpaired) electrons. The van der Waals surface area contributed by atoms with Crippen molar-refractivity contribution in [3.05, 3.63) is 52.5 Å². The summed E-state index contributed by atoms with van der Waals surface area (Å²) in [4.78, 5) is 2.09. The Bertz CT molecular complexity index is 511. The summed E-state index contributed by atoms with van der Waals surface area (Å²) in [5, 5.41) is 1.31. The van der Waals surface area contributed by atoms with Gasteiger partial charge < -0.3 is 4.74 Å². The number of hydrogen-bond acceptors (Lipinski definition) is 2. The minimum Gasteiger partial charge on any atom is -0.497 e. The maximum absolute atomic E-state index is 6.11. The molecule has 0 aliphatic heterocycles. The maximum Gasteiger partial charge on any atom is 0.118 e. The molecular formula is C13H10Cl2OS. The van der Waals surface area contributed by atoms with Gasteiger partial charge in [0.25, 0.3) is 0 Å². The Morgan fingerprint density at radius 1 is 1.00 bits per heavy atom. The second-order valence-electron chi connectivity index (χ2n) is 3.35. The van der Waals surface area contributed by atoms with E-state index in [-0.39, 0.29) is 0 Å². The smallest absolute Gasteiger partial charge is 0.118 e. The van der Waals surface area contributed by atoms with Crippen molar-refractivity contribution in [2.45, 2.75) is 9.79 Å². The van der Waals surface area contributed by atoms with Crippen LogP contribution in [0.25, 0.3) is 0 Å². The van der Waals surface area contributed by atoms with Gasteiger partial charge in [-0.05, 0) is 42.5 Å². The third-order valence-corrected chi connectivity index (χ3v) is 3.92. The van der Waals surface area contributed by atoms with Crippen LogP contribution < -0.4 is 4.74 Å². The average molecular weight is 285 g/mol. The Labute approximate surface area is 115 Å². The number of ether oxygens (including phenoxy) is 1. The summed E-state index contributed by atoms with van der Waals surface area (Å²) in [6.07, 6.45) is 0. The quantitative estimate of drug-likeness (QED) is 0.771. The average Bonchev–Trinajstić information content (AvgIpc) is 2.34. The van der Waals surface area contributed by atoms with E-state index in [1.54, 1.807) is 24.9 Å². The molecule has 1 nitrogen and oxygen atoms in total. The van der Waals surface area contributed by atoms with Crippen LogP contribution in [0, 0.1) is 0 Å². The Hall–Kier alpha value is -0.830. The molecule has 17 heavy (non-hydrogen) atoms. The summed E-state index contributed by atoms with van der Waals surface area (Å²) >= 11 is 13.6. The Balaban J connectivity index is 2.19. The van der Waals surface area contributed by atoms with Crippen LogP contribution in [0.15, 0.2) is 52.3 Å². The SMILES string of the molecule is COc1ccc(Sc2ccc(Cl)cc2Cl)cc1. The second kappa shape index (κ2) is 5.67. The van der Waals surface area contributed by atoms with E-state index in [1.165, 1.54) is 0 Å². The van der Waals surface area contributed by atoms with Gasteiger partial charge >= 0.3 is 0 Å². The normalized spacial score (nSPS) is 10.3. The molecule has 0 amide bonds. The zero-order chi connectivity index (χ0) is 12.3. The molecule has 2 aromatic rings. The van der Waals surface area contributed by atoms with Gasteiger partial charge in [0, 0.05) is 14.8 Å². The largest absolute Gasteiger partial charge is 0.497 e. The lowest BCUT2D eigenvalue weighted by Crippen LogP contribution is -1.81. The Morgan fingerprint density at radius 3 is 2.29 bits per heavy atom. The molecule has 0 heterocycles. The van der Waals surface area contributed by atoms with Crippen molar-refractivity contribution in [3.8, 4) is 5.75 Å². The predicted molar refractivity (Wildman–Crippen MR) is 73.6 cm³/mol. The summed E-state index contributed by atoms with van der Waals surface area (Å²) in [5.41, 5.74) is 0. The highest BCUT2D eigenvalue weighted by molar-refractivity contribution is 7.99. The molecule has 0 fully saturated rings. The van der Waals surface area contributed by atoms with Crippen molar-refractivity contribution in [1.29, 1.82) is 0 Å². The van der Waals surface area contributed by atoms with Crippen LogP contribution in [0.1, 0.15) is 0 Å². The van der Waals surface area contributed by atoms with Gasteiger partial charge in [-0.2, -0.15) is 0 Å². The van der Waals surface area contributed by atoms with E-state index in [0.717, 1.165) is 15.5 Å². The monoisotopic (exact) mass is 284 g/mol. The van der Waals surface area contributed by atoms with Gasteiger partial charge in [0.1, 0.15) is 5.75 Å². The minimum atomic E-state index is 0.647. The van der Waals surface area contributed by atoms with Crippen LogP contribution in [-0.2, 0) is 0 Å². The van der Waals surface area contributed by atoms with Crippen LogP contribution >= 0.6 is 35.0 Å². The van der Waals surface area contributed by atoms with Crippen LogP contribution in [0.4, 0.5) is 0 Å². The zero-order valence-electron chi connectivity index (χ0n) is 9.11. The first-order valence-corrected chi connectivity index (χ1v) is 6.53. The Morgan fingerprint density at radius 2 is 1.71 bits per heavy atom. The summed E-state index contributed by atoms with van der Waals surface area (Å²) in [7, 11) is 1.65. The first-order chi connectivity index (χ1) is 8.19.